The largest absolute Gasteiger partial charge is 0.573 e. The van der Waals surface area contributed by atoms with Crippen LogP contribution < -0.4 is 15.4 Å². The Hall–Kier alpha value is -3.95. The number of aromatic nitrogens is 1. The van der Waals surface area contributed by atoms with Gasteiger partial charge in [0.05, 0.1) is 0 Å². The van der Waals surface area contributed by atoms with Gasteiger partial charge in [0.15, 0.2) is 0 Å². The first-order valence-electron chi connectivity index (χ1n) is 14.6. The number of anilines is 1. The van der Waals surface area contributed by atoms with Crippen molar-refractivity contribution in [3.05, 3.63) is 70.5 Å². The number of hydrogen-bond donors (Lipinski definition) is 1. The Labute approximate surface area is 242 Å². The summed E-state index contributed by atoms with van der Waals surface area (Å²) in [5.41, 5.74) is 12.2. The minimum absolute atomic E-state index is 0.257. The Bertz CT molecular complexity index is 1540. The number of carbonyl (C=O) groups excluding carboxylic acids is 1. The van der Waals surface area contributed by atoms with E-state index in [1.165, 1.54) is 29.0 Å². The second-order valence-electron chi connectivity index (χ2n) is 12.2. The molecule has 0 radical (unpaired) electrons. The summed E-state index contributed by atoms with van der Waals surface area (Å²) in [5, 5.41) is 4.24. The normalized spacial score (nSPS) is 19.8. The lowest BCUT2D eigenvalue weighted by molar-refractivity contribution is -0.274. The number of amides is 2. The van der Waals surface area contributed by atoms with E-state index in [4.69, 9.17) is 10.3 Å². The van der Waals surface area contributed by atoms with Crippen LogP contribution in [0.15, 0.2) is 52.6 Å². The van der Waals surface area contributed by atoms with Gasteiger partial charge >= 0.3 is 12.4 Å². The number of urea groups is 1. The number of primary amides is 1. The molecule has 3 fully saturated rings. The van der Waals surface area contributed by atoms with Crippen molar-refractivity contribution in [2.24, 2.45) is 11.1 Å². The molecule has 2 aliphatic carbocycles. The van der Waals surface area contributed by atoms with Gasteiger partial charge < -0.3 is 24.8 Å². The molecule has 2 amide bonds. The fourth-order valence-electron chi connectivity index (χ4n) is 6.89. The number of ether oxygens (including phenoxy) is 1. The Morgan fingerprint density at radius 2 is 1.83 bits per heavy atom. The van der Waals surface area contributed by atoms with Crippen LogP contribution in [0.1, 0.15) is 66.9 Å². The van der Waals surface area contributed by atoms with Gasteiger partial charge in [-0.25, -0.2) is 4.79 Å². The Morgan fingerprint density at radius 3 is 2.55 bits per heavy atom. The minimum Gasteiger partial charge on any atom is -0.405 e. The minimum atomic E-state index is -4.79. The molecule has 2 aromatic carbocycles. The molecule has 2 N–H and O–H groups in total. The molecule has 1 aromatic heterocycles. The van der Waals surface area contributed by atoms with Crippen LogP contribution >= 0.6 is 0 Å². The number of rotatable bonds is 5. The number of allylic oxidation sites excluding steroid dienone is 1. The Kier molecular flexibility index (Phi) is 6.47. The molecule has 3 heterocycles. The number of nitrogens with zero attached hydrogens (tertiary/aromatic N) is 3. The average molecular weight is 579 g/mol. The zero-order valence-corrected chi connectivity index (χ0v) is 23.3. The highest BCUT2D eigenvalue weighted by Crippen LogP contribution is 2.54. The molecule has 7 nitrogen and oxygen atoms in total. The molecule has 0 atom stereocenters. The van der Waals surface area contributed by atoms with Crippen LogP contribution in [0.2, 0.25) is 0 Å². The molecule has 0 bridgehead atoms. The number of hydrogen-bond acceptors (Lipinski definition) is 5. The van der Waals surface area contributed by atoms with E-state index in [0.29, 0.717) is 18.8 Å². The van der Waals surface area contributed by atoms with Gasteiger partial charge in [0.2, 0.25) is 0 Å². The fourth-order valence-corrected chi connectivity index (χ4v) is 6.89. The fraction of sp³-hybridized carbons (Fsp3) is 0.438. The maximum absolute atomic E-state index is 13.1. The van der Waals surface area contributed by atoms with Crippen LogP contribution in [0.4, 0.5) is 23.7 Å². The van der Waals surface area contributed by atoms with E-state index in [1.54, 1.807) is 17.0 Å². The van der Waals surface area contributed by atoms with E-state index in [0.717, 1.165) is 74.9 Å². The summed E-state index contributed by atoms with van der Waals surface area (Å²) in [6.07, 6.45) is 4.26. The zero-order valence-electron chi connectivity index (χ0n) is 23.3. The van der Waals surface area contributed by atoms with Gasteiger partial charge in [0.25, 0.3) is 0 Å². The third kappa shape index (κ3) is 5.23. The maximum atomic E-state index is 13.1. The van der Waals surface area contributed by atoms with Gasteiger partial charge in [-0.05, 0) is 91.8 Å². The summed E-state index contributed by atoms with van der Waals surface area (Å²) in [6.45, 7) is 3.18. The Morgan fingerprint density at radius 1 is 1.07 bits per heavy atom. The summed E-state index contributed by atoms with van der Waals surface area (Å²) in [5.74, 6) is 0.758. The molecule has 7 rings (SSSR count). The quantitative estimate of drug-likeness (QED) is 0.352. The van der Waals surface area contributed by atoms with Crippen LogP contribution in [0, 0.1) is 5.41 Å². The lowest BCUT2D eigenvalue weighted by Crippen LogP contribution is -2.44. The Balaban J connectivity index is 1.05. The SMILES string of the molecule is NC(=O)N1CCc2cc(N3CCC4(CC3)CC(=Cc3c(-c5ccccc5OC(F)(F)F)noc3C3CC3)C4)ccc2C1. The molecule has 0 unspecified atom stereocenters. The summed E-state index contributed by atoms with van der Waals surface area (Å²) < 4.78 is 49.4. The molecule has 2 aliphatic heterocycles. The van der Waals surface area contributed by atoms with Crippen LogP contribution in [0.3, 0.4) is 0 Å². The van der Waals surface area contributed by atoms with Crippen molar-refractivity contribution in [3.8, 4) is 17.0 Å². The number of carbonyl (C=O) groups is 1. The summed E-state index contributed by atoms with van der Waals surface area (Å²) in [7, 11) is 0. The van der Waals surface area contributed by atoms with Gasteiger partial charge in [0.1, 0.15) is 17.2 Å². The van der Waals surface area contributed by atoms with E-state index in [9.17, 15) is 18.0 Å². The lowest BCUT2D eigenvalue weighted by Gasteiger charge is -2.50. The third-order valence-electron chi connectivity index (χ3n) is 9.33. The molecule has 1 spiro atoms. The van der Waals surface area contributed by atoms with Crippen molar-refractivity contribution in [3.63, 3.8) is 0 Å². The standard InChI is InChI=1S/C32H33F3N4O3/c33-32(34,35)41-27-4-2-1-3-25(27)28-26(29(42-37-28)21-5-6-21)15-20-17-31(18-20)10-13-38(14-11-31)24-8-7-23-19-39(30(36)40)12-9-22(23)16-24/h1-4,7-8,15-16,21H,5-6,9-14,17-19H2,(H2,36,40). The molecule has 220 valence electrons. The predicted molar refractivity (Wildman–Crippen MR) is 152 cm³/mol. The van der Waals surface area contributed by atoms with Crippen molar-refractivity contribution in [1.82, 2.24) is 10.1 Å². The highest BCUT2D eigenvalue weighted by molar-refractivity contribution is 5.78. The monoisotopic (exact) mass is 578 g/mol. The zero-order chi connectivity index (χ0) is 29.1. The van der Waals surface area contributed by atoms with Crippen molar-refractivity contribution in [2.75, 3.05) is 24.5 Å². The van der Waals surface area contributed by atoms with Crippen LogP contribution in [-0.2, 0) is 13.0 Å². The van der Waals surface area contributed by atoms with Crippen LogP contribution in [0.5, 0.6) is 5.75 Å². The van der Waals surface area contributed by atoms with Crippen molar-refractivity contribution in [2.45, 2.75) is 63.8 Å². The average Bonchev–Trinajstić information content (AvgIpc) is 3.71. The topological polar surface area (TPSA) is 84.8 Å². The van der Waals surface area contributed by atoms with Gasteiger partial charge in [-0.2, -0.15) is 0 Å². The van der Waals surface area contributed by atoms with Gasteiger partial charge in [-0.1, -0.05) is 28.9 Å². The van der Waals surface area contributed by atoms with Crippen LogP contribution in [0.25, 0.3) is 17.3 Å². The first kappa shape index (κ1) is 26.9. The molecular formula is C32H33F3N4O3. The van der Waals surface area contributed by atoms with E-state index >= 15 is 0 Å². The van der Waals surface area contributed by atoms with Crippen LogP contribution in [-0.4, -0.2) is 42.1 Å². The molecule has 4 aliphatic rings. The summed E-state index contributed by atoms with van der Waals surface area (Å²) >= 11 is 0. The van der Waals surface area contributed by atoms with Crippen molar-refractivity contribution in [1.29, 1.82) is 0 Å². The van der Waals surface area contributed by atoms with E-state index in [2.05, 4.69) is 39.1 Å². The van der Waals surface area contributed by atoms with E-state index in [-0.39, 0.29) is 28.7 Å². The first-order valence-corrected chi connectivity index (χ1v) is 14.6. The second kappa shape index (κ2) is 10.1. The number of benzene rings is 2. The molecule has 10 heteroatoms. The number of nitrogens with two attached hydrogens (primary N) is 1. The predicted octanol–water partition coefficient (Wildman–Crippen LogP) is 7.02. The number of fused-ring (bicyclic) bond motifs is 1. The second-order valence-corrected chi connectivity index (χ2v) is 12.2. The highest BCUT2D eigenvalue weighted by atomic mass is 19.4. The lowest BCUT2D eigenvalue weighted by atomic mass is 9.60. The first-order chi connectivity index (χ1) is 20.2. The van der Waals surface area contributed by atoms with E-state index < -0.39 is 6.36 Å². The molecule has 2 saturated carbocycles. The highest BCUT2D eigenvalue weighted by Gasteiger charge is 2.43. The number of piperidine rings is 1. The van der Waals surface area contributed by atoms with Gasteiger partial charge in [0, 0.05) is 48.9 Å². The van der Waals surface area contributed by atoms with Crippen molar-refractivity contribution < 1.29 is 27.2 Å². The molecule has 42 heavy (non-hydrogen) atoms. The number of alkyl halides is 3. The smallest absolute Gasteiger partial charge is 0.405 e. The number of para-hydroxylation sites is 1. The summed E-state index contributed by atoms with van der Waals surface area (Å²) in [4.78, 5) is 15.7. The molecule has 1 saturated heterocycles. The van der Waals surface area contributed by atoms with E-state index in [1.807, 2.05) is 0 Å². The molecule has 3 aromatic rings. The van der Waals surface area contributed by atoms with Gasteiger partial charge in [-0.15, -0.1) is 13.2 Å². The number of halogens is 3. The molecular weight excluding hydrogens is 545 g/mol. The van der Waals surface area contributed by atoms with Gasteiger partial charge in [-0.3, -0.25) is 0 Å². The summed E-state index contributed by atoms with van der Waals surface area (Å²) in [6, 6.07) is 12.3. The third-order valence-corrected chi connectivity index (χ3v) is 9.33. The maximum Gasteiger partial charge on any atom is 0.573 e. The van der Waals surface area contributed by atoms with Crippen molar-refractivity contribution >= 4 is 17.8 Å².